The van der Waals surface area contributed by atoms with Crippen LogP contribution >= 0.6 is 0 Å². The Bertz CT molecular complexity index is 1160. The van der Waals surface area contributed by atoms with Crippen LogP contribution in [0.1, 0.15) is 28.9 Å². The lowest BCUT2D eigenvalue weighted by Gasteiger charge is -2.25. The average molecular weight is 429 g/mol. The Morgan fingerprint density at radius 3 is 2.56 bits per heavy atom. The van der Waals surface area contributed by atoms with E-state index < -0.39 is 11.6 Å². The molecule has 2 aromatic carbocycles. The number of amides is 4. The first-order valence-corrected chi connectivity index (χ1v) is 10.6. The quantitative estimate of drug-likeness (QED) is 0.610. The Balaban J connectivity index is 1.37. The van der Waals surface area contributed by atoms with Crippen LogP contribution in [0.3, 0.4) is 0 Å². The first-order chi connectivity index (χ1) is 15.6. The van der Waals surface area contributed by atoms with Crippen LogP contribution < -0.4 is 5.32 Å². The average Bonchev–Trinajstić information content (AvgIpc) is 3.51. The zero-order valence-electron chi connectivity index (χ0n) is 17.5. The maximum absolute atomic E-state index is 13.4. The van der Waals surface area contributed by atoms with Crippen molar-refractivity contribution in [1.82, 2.24) is 15.1 Å². The minimum Gasteiger partial charge on any atom is -0.467 e. The fourth-order valence-corrected chi connectivity index (χ4v) is 4.60. The highest BCUT2D eigenvalue weighted by Gasteiger charge is 2.55. The lowest BCUT2D eigenvalue weighted by Crippen LogP contribution is -2.44. The van der Waals surface area contributed by atoms with Crippen LogP contribution in [0.25, 0.3) is 0 Å². The molecule has 1 N–H and O–H groups in total. The highest BCUT2D eigenvalue weighted by atomic mass is 16.3. The Labute approximate surface area is 185 Å². The van der Waals surface area contributed by atoms with Crippen molar-refractivity contribution in [3.05, 3.63) is 95.4 Å². The van der Waals surface area contributed by atoms with Crippen molar-refractivity contribution in [2.24, 2.45) is 0 Å². The second-order valence-electron chi connectivity index (χ2n) is 8.20. The van der Waals surface area contributed by atoms with E-state index in [0.717, 1.165) is 21.6 Å². The summed E-state index contributed by atoms with van der Waals surface area (Å²) in [6.45, 7) is 0.276. The number of benzene rings is 2. The van der Waals surface area contributed by atoms with Crippen molar-refractivity contribution in [2.45, 2.75) is 31.5 Å². The standard InChI is InChI=1S/C25H23N3O4/c29-22(27(16-20-10-6-14-32-20)15-18-7-2-1-3-8-18)17-28-23(30)25(26-24(28)31)13-12-19-9-4-5-11-21(19)25/h1-11,14H,12-13,15-17H2,(H,26,31)/t25-/m1/s1. The number of rotatable bonds is 6. The van der Waals surface area contributed by atoms with Gasteiger partial charge in [0.1, 0.15) is 17.8 Å². The molecule has 1 atom stereocenters. The second kappa shape index (κ2) is 8.00. The summed E-state index contributed by atoms with van der Waals surface area (Å²) >= 11 is 0. The number of hydrogen-bond acceptors (Lipinski definition) is 4. The zero-order chi connectivity index (χ0) is 22.1. The summed E-state index contributed by atoms with van der Waals surface area (Å²) in [6.07, 6.45) is 2.77. The number of nitrogens with one attached hydrogen (secondary N) is 1. The molecule has 4 amide bonds. The molecule has 3 aromatic rings. The minimum absolute atomic E-state index is 0.248. The van der Waals surface area contributed by atoms with Crippen molar-refractivity contribution in [3.8, 4) is 0 Å². The Hall–Kier alpha value is -3.87. The van der Waals surface area contributed by atoms with Crippen LogP contribution in [-0.4, -0.2) is 34.2 Å². The number of nitrogens with zero attached hydrogens (tertiary/aromatic N) is 2. The normalized spacial score (nSPS) is 19.3. The molecule has 1 saturated heterocycles. The van der Waals surface area contributed by atoms with Crippen LogP contribution in [0.2, 0.25) is 0 Å². The second-order valence-corrected chi connectivity index (χ2v) is 8.20. The van der Waals surface area contributed by atoms with Crippen molar-refractivity contribution in [2.75, 3.05) is 6.54 Å². The van der Waals surface area contributed by atoms with E-state index in [2.05, 4.69) is 5.32 Å². The van der Waals surface area contributed by atoms with Gasteiger partial charge >= 0.3 is 6.03 Å². The third-order valence-electron chi connectivity index (χ3n) is 6.21. The molecule has 1 aromatic heterocycles. The van der Waals surface area contributed by atoms with Gasteiger partial charge in [-0.2, -0.15) is 0 Å². The highest BCUT2D eigenvalue weighted by Crippen LogP contribution is 2.41. The molecule has 2 aliphatic rings. The molecule has 32 heavy (non-hydrogen) atoms. The van der Waals surface area contributed by atoms with Crippen LogP contribution in [0.4, 0.5) is 4.79 Å². The summed E-state index contributed by atoms with van der Waals surface area (Å²) in [6, 6.07) is 20.3. The highest BCUT2D eigenvalue weighted by molar-refractivity contribution is 6.09. The summed E-state index contributed by atoms with van der Waals surface area (Å²) in [4.78, 5) is 42.1. The van der Waals surface area contributed by atoms with Crippen molar-refractivity contribution in [3.63, 3.8) is 0 Å². The van der Waals surface area contributed by atoms with Crippen LogP contribution in [0.5, 0.6) is 0 Å². The number of furan rings is 1. The van der Waals surface area contributed by atoms with Crippen LogP contribution in [-0.2, 0) is 34.6 Å². The number of imide groups is 1. The lowest BCUT2D eigenvalue weighted by atomic mass is 9.92. The van der Waals surface area contributed by atoms with Gasteiger partial charge < -0.3 is 14.6 Å². The van der Waals surface area contributed by atoms with Gasteiger partial charge in [0.2, 0.25) is 5.91 Å². The largest absolute Gasteiger partial charge is 0.467 e. The predicted molar refractivity (Wildman–Crippen MR) is 116 cm³/mol. The van der Waals surface area contributed by atoms with Gasteiger partial charge in [-0.25, -0.2) is 4.79 Å². The summed E-state index contributed by atoms with van der Waals surface area (Å²) in [5, 5.41) is 2.87. The van der Waals surface area contributed by atoms with Crippen LogP contribution in [0, 0.1) is 0 Å². The van der Waals surface area contributed by atoms with E-state index >= 15 is 0 Å². The Morgan fingerprint density at radius 2 is 1.78 bits per heavy atom. The van der Waals surface area contributed by atoms with Crippen molar-refractivity contribution < 1.29 is 18.8 Å². The van der Waals surface area contributed by atoms with Gasteiger partial charge in [-0.3, -0.25) is 14.5 Å². The number of carbonyl (C=O) groups excluding carboxylic acids is 3. The van der Waals surface area contributed by atoms with Gasteiger partial charge in [-0.1, -0.05) is 54.6 Å². The monoisotopic (exact) mass is 429 g/mol. The molecule has 7 heteroatoms. The van der Waals surface area contributed by atoms with E-state index in [1.54, 1.807) is 23.3 Å². The maximum Gasteiger partial charge on any atom is 0.325 e. The first-order valence-electron chi connectivity index (χ1n) is 10.6. The molecule has 162 valence electrons. The van der Waals surface area contributed by atoms with Gasteiger partial charge in [0, 0.05) is 6.54 Å². The van der Waals surface area contributed by atoms with E-state index in [9.17, 15) is 14.4 Å². The van der Waals surface area contributed by atoms with E-state index in [-0.39, 0.29) is 24.9 Å². The predicted octanol–water partition coefficient (Wildman–Crippen LogP) is 3.20. The third-order valence-corrected chi connectivity index (χ3v) is 6.21. The fourth-order valence-electron chi connectivity index (χ4n) is 4.60. The third kappa shape index (κ3) is 3.45. The van der Waals surface area contributed by atoms with Gasteiger partial charge in [0.25, 0.3) is 5.91 Å². The lowest BCUT2D eigenvalue weighted by molar-refractivity contribution is -0.140. The van der Waals surface area contributed by atoms with Gasteiger partial charge in [-0.05, 0) is 41.7 Å². The Kier molecular flexibility index (Phi) is 5.01. The van der Waals surface area contributed by atoms with Gasteiger partial charge in [-0.15, -0.1) is 0 Å². The molecule has 0 unspecified atom stereocenters. The molecule has 7 nitrogen and oxygen atoms in total. The number of urea groups is 1. The number of carbonyl (C=O) groups is 3. The summed E-state index contributed by atoms with van der Waals surface area (Å²) in [5.74, 6) is -0.0526. The Morgan fingerprint density at radius 1 is 1.00 bits per heavy atom. The van der Waals surface area contributed by atoms with Crippen molar-refractivity contribution >= 4 is 17.8 Å². The van der Waals surface area contributed by atoms with E-state index in [4.69, 9.17) is 4.42 Å². The molecule has 0 saturated carbocycles. The molecule has 1 spiro atoms. The maximum atomic E-state index is 13.4. The van der Waals surface area contributed by atoms with E-state index in [0.29, 0.717) is 25.1 Å². The van der Waals surface area contributed by atoms with Crippen LogP contribution in [0.15, 0.2) is 77.4 Å². The molecule has 1 aliphatic carbocycles. The molecule has 5 rings (SSSR count). The minimum atomic E-state index is -1.07. The number of fused-ring (bicyclic) bond motifs is 2. The molecule has 1 fully saturated rings. The first kappa shape index (κ1) is 20.1. The number of aryl methyl sites for hydroxylation is 1. The van der Waals surface area contributed by atoms with E-state index in [1.807, 2.05) is 54.6 Å². The fraction of sp³-hybridized carbons (Fsp3) is 0.240. The van der Waals surface area contributed by atoms with Gasteiger partial charge in [0.15, 0.2) is 0 Å². The molecule has 2 heterocycles. The summed E-state index contributed by atoms with van der Waals surface area (Å²) in [7, 11) is 0. The molecular weight excluding hydrogens is 406 g/mol. The zero-order valence-corrected chi connectivity index (χ0v) is 17.5. The molecule has 0 bridgehead atoms. The topological polar surface area (TPSA) is 82.9 Å². The summed E-state index contributed by atoms with van der Waals surface area (Å²) in [5.41, 5.74) is 1.76. The van der Waals surface area contributed by atoms with E-state index in [1.165, 1.54) is 0 Å². The summed E-state index contributed by atoms with van der Waals surface area (Å²) < 4.78 is 5.43. The van der Waals surface area contributed by atoms with Gasteiger partial charge in [0.05, 0.1) is 12.8 Å². The van der Waals surface area contributed by atoms with Crippen molar-refractivity contribution in [1.29, 1.82) is 0 Å². The molecule has 1 aliphatic heterocycles. The SMILES string of the molecule is O=C(CN1C(=O)N[C@@]2(CCc3ccccc32)C1=O)N(Cc1ccccc1)Cc1ccco1. The smallest absolute Gasteiger partial charge is 0.325 e. The molecule has 0 radical (unpaired) electrons. The molecular formula is C25H23N3O4. The number of hydrogen-bond donors (Lipinski definition) is 1.